The Morgan fingerprint density at radius 1 is 1.43 bits per heavy atom. The van der Waals surface area contributed by atoms with Crippen molar-refractivity contribution in [3.05, 3.63) is 40.9 Å². The first-order valence-corrected chi connectivity index (χ1v) is 7.75. The van der Waals surface area contributed by atoms with Gasteiger partial charge in [-0.05, 0) is 49.8 Å². The van der Waals surface area contributed by atoms with Gasteiger partial charge >= 0.3 is 0 Å². The normalized spacial score (nSPS) is 23.2. The minimum Gasteiger partial charge on any atom is -0.396 e. The fraction of sp³-hybridized carbons (Fsp3) is 0.471. The molecule has 3 nitrogen and oxygen atoms in total. The lowest BCUT2D eigenvalue weighted by Gasteiger charge is -2.37. The molecule has 1 aliphatic heterocycles. The van der Waals surface area contributed by atoms with E-state index in [-0.39, 0.29) is 24.5 Å². The molecule has 1 saturated heterocycles. The number of rotatable bonds is 3. The first kappa shape index (κ1) is 16.1. The van der Waals surface area contributed by atoms with Crippen LogP contribution < -0.4 is 0 Å². The van der Waals surface area contributed by atoms with Crippen LogP contribution in [0, 0.1) is 5.92 Å². The summed E-state index contributed by atoms with van der Waals surface area (Å²) in [6.07, 6.45) is 3.57. The number of amides is 1. The van der Waals surface area contributed by atoms with Gasteiger partial charge in [-0.25, -0.2) is 0 Å². The van der Waals surface area contributed by atoms with Crippen molar-refractivity contribution in [2.75, 3.05) is 13.2 Å². The zero-order valence-corrected chi connectivity index (χ0v) is 13.3. The van der Waals surface area contributed by atoms with Gasteiger partial charge in [0, 0.05) is 30.3 Å². The van der Waals surface area contributed by atoms with Gasteiger partial charge in [0.2, 0.25) is 5.91 Å². The van der Waals surface area contributed by atoms with Gasteiger partial charge in [0.1, 0.15) is 0 Å². The van der Waals surface area contributed by atoms with Gasteiger partial charge in [0.05, 0.1) is 0 Å². The summed E-state index contributed by atoms with van der Waals surface area (Å²) in [6, 6.07) is 7.74. The van der Waals surface area contributed by atoms with E-state index in [0.717, 1.165) is 24.0 Å². The topological polar surface area (TPSA) is 40.5 Å². The highest BCUT2D eigenvalue weighted by molar-refractivity contribution is 6.32. The van der Waals surface area contributed by atoms with Crippen LogP contribution in [0.15, 0.2) is 30.3 Å². The number of nitrogens with zero attached hydrogens (tertiary/aromatic N) is 1. The maximum atomic E-state index is 12.5. The number of carbonyl (C=O) groups is 1. The first-order chi connectivity index (χ1) is 10.0. The summed E-state index contributed by atoms with van der Waals surface area (Å²) in [7, 11) is 0. The third-order valence-corrected chi connectivity index (χ3v) is 4.49. The van der Waals surface area contributed by atoms with E-state index in [1.165, 1.54) is 0 Å². The number of hydrogen-bond donors (Lipinski definition) is 1. The Kier molecular flexibility index (Phi) is 5.43. The molecule has 1 aromatic carbocycles. The number of hydrogen-bond acceptors (Lipinski definition) is 2. The number of halogens is 1. The molecule has 1 aliphatic rings. The zero-order chi connectivity index (χ0) is 15.4. The Hall–Kier alpha value is -1.32. The number of benzene rings is 1. The average molecular weight is 308 g/mol. The Balaban J connectivity index is 2.16. The number of piperidine rings is 1. The summed E-state index contributed by atoms with van der Waals surface area (Å²) in [4.78, 5) is 14.3. The number of allylic oxidation sites excluding steroid dienone is 1. The maximum absolute atomic E-state index is 12.5. The smallest absolute Gasteiger partial charge is 0.247 e. The van der Waals surface area contributed by atoms with E-state index in [0.29, 0.717) is 11.6 Å². The third kappa shape index (κ3) is 3.86. The van der Waals surface area contributed by atoms with Gasteiger partial charge in [0.25, 0.3) is 0 Å². The van der Waals surface area contributed by atoms with Crippen LogP contribution in [0.1, 0.15) is 32.3 Å². The molecule has 1 heterocycles. The number of aliphatic hydroxyl groups excluding tert-OH is 1. The van der Waals surface area contributed by atoms with Crippen molar-refractivity contribution in [1.29, 1.82) is 0 Å². The van der Waals surface area contributed by atoms with E-state index in [2.05, 4.69) is 6.92 Å². The number of likely N-dealkylation sites (tertiary alicyclic amines) is 1. The lowest BCUT2D eigenvalue weighted by molar-refractivity contribution is -0.130. The van der Waals surface area contributed by atoms with Crippen LogP contribution in [0.25, 0.3) is 5.57 Å². The van der Waals surface area contributed by atoms with Crippen LogP contribution >= 0.6 is 11.6 Å². The van der Waals surface area contributed by atoms with Crippen molar-refractivity contribution in [3.8, 4) is 0 Å². The van der Waals surface area contributed by atoms with E-state index >= 15 is 0 Å². The highest BCUT2D eigenvalue weighted by Gasteiger charge is 2.27. The summed E-state index contributed by atoms with van der Waals surface area (Å²) in [6.45, 7) is 4.73. The summed E-state index contributed by atoms with van der Waals surface area (Å²) < 4.78 is 0. The summed E-state index contributed by atoms with van der Waals surface area (Å²) in [5.41, 5.74) is 1.75. The summed E-state index contributed by atoms with van der Waals surface area (Å²) in [5, 5.41) is 9.95. The minimum atomic E-state index is -0.00179. The molecule has 0 spiro atoms. The molecule has 2 rings (SSSR count). The molecule has 0 saturated carbocycles. The van der Waals surface area contributed by atoms with Crippen LogP contribution in [0.4, 0.5) is 0 Å². The zero-order valence-electron chi connectivity index (χ0n) is 12.6. The van der Waals surface area contributed by atoms with Crippen molar-refractivity contribution < 1.29 is 9.90 Å². The fourth-order valence-electron chi connectivity index (χ4n) is 2.77. The Bertz CT molecular complexity index is 541. The van der Waals surface area contributed by atoms with E-state index in [9.17, 15) is 9.90 Å². The van der Waals surface area contributed by atoms with Crippen molar-refractivity contribution in [3.63, 3.8) is 0 Å². The van der Waals surface area contributed by atoms with Gasteiger partial charge in [-0.1, -0.05) is 29.8 Å². The molecule has 4 heteroatoms. The Labute approximate surface area is 131 Å². The molecule has 0 aliphatic carbocycles. The van der Waals surface area contributed by atoms with E-state index in [1.54, 1.807) is 6.08 Å². The lowest BCUT2D eigenvalue weighted by Crippen LogP contribution is -2.45. The molecule has 21 heavy (non-hydrogen) atoms. The molecule has 2 atom stereocenters. The van der Waals surface area contributed by atoms with Crippen LogP contribution in [-0.4, -0.2) is 35.1 Å². The molecule has 1 N–H and O–H groups in total. The second-order valence-corrected chi connectivity index (χ2v) is 6.18. The second kappa shape index (κ2) is 7.10. The van der Waals surface area contributed by atoms with E-state index in [1.807, 2.05) is 36.1 Å². The van der Waals surface area contributed by atoms with Gasteiger partial charge in [0.15, 0.2) is 0 Å². The van der Waals surface area contributed by atoms with E-state index < -0.39 is 0 Å². The average Bonchev–Trinajstić information content (AvgIpc) is 2.48. The third-order valence-electron chi connectivity index (χ3n) is 4.16. The highest BCUT2D eigenvalue weighted by Crippen LogP contribution is 2.25. The Morgan fingerprint density at radius 2 is 2.14 bits per heavy atom. The SMILES string of the molecule is C/C(=C/C(=O)N1CC(CO)CCC1C)c1ccccc1Cl. The molecule has 114 valence electrons. The van der Waals surface area contributed by atoms with Gasteiger partial charge in [-0.15, -0.1) is 0 Å². The van der Waals surface area contributed by atoms with Gasteiger partial charge in [-0.2, -0.15) is 0 Å². The molecule has 1 amide bonds. The largest absolute Gasteiger partial charge is 0.396 e. The van der Waals surface area contributed by atoms with Gasteiger partial charge in [-0.3, -0.25) is 4.79 Å². The second-order valence-electron chi connectivity index (χ2n) is 5.77. The lowest BCUT2D eigenvalue weighted by atomic mass is 9.94. The fourth-order valence-corrected chi connectivity index (χ4v) is 3.05. The van der Waals surface area contributed by atoms with Crippen molar-refractivity contribution in [2.45, 2.75) is 32.7 Å². The summed E-state index contributed by atoms with van der Waals surface area (Å²) >= 11 is 6.16. The molecular weight excluding hydrogens is 286 g/mol. The van der Waals surface area contributed by atoms with Crippen LogP contribution in [0.3, 0.4) is 0 Å². The predicted molar refractivity (Wildman–Crippen MR) is 86.1 cm³/mol. The van der Waals surface area contributed by atoms with Crippen LogP contribution in [0.5, 0.6) is 0 Å². The molecule has 2 unspecified atom stereocenters. The van der Waals surface area contributed by atoms with Crippen LogP contribution in [-0.2, 0) is 4.79 Å². The first-order valence-electron chi connectivity index (χ1n) is 7.37. The van der Waals surface area contributed by atoms with Gasteiger partial charge < -0.3 is 10.0 Å². The highest BCUT2D eigenvalue weighted by atomic mass is 35.5. The maximum Gasteiger partial charge on any atom is 0.247 e. The molecular formula is C17H22ClNO2. The van der Waals surface area contributed by atoms with Crippen LogP contribution in [0.2, 0.25) is 5.02 Å². The number of carbonyl (C=O) groups excluding carboxylic acids is 1. The van der Waals surface area contributed by atoms with Crippen molar-refractivity contribution in [1.82, 2.24) is 4.90 Å². The standard InChI is InChI=1S/C17H22ClNO2/c1-12(15-5-3-4-6-16(15)18)9-17(21)19-10-14(11-20)8-7-13(19)2/h3-6,9,13-14,20H,7-8,10-11H2,1-2H3/b12-9-. The molecule has 1 fully saturated rings. The van der Waals surface area contributed by atoms with Crippen molar-refractivity contribution >= 4 is 23.1 Å². The monoisotopic (exact) mass is 307 g/mol. The number of aliphatic hydroxyl groups is 1. The molecule has 0 aromatic heterocycles. The van der Waals surface area contributed by atoms with Crippen molar-refractivity contribution in [2.24, 2.45) is 5.92 Å². The molecule has 1 aromatic rings. The quantitative estimate of drug-likeness (QED) is 0.870. The van der Waals surface area contributed by atoms with E-state index in [4.69, 9.17) is 11.6 Å². The predicted octanol–water partition coefficient (Wildman–Crippen LogP) is 3.36. The molecule has 0 bridgehead atoms. The minimum absolute atomic E-state index is 0.00179. The summed E-state index contributed by atoms with van der Waals surface area (Å²) in [5.74, 6) is 0.192. The molecule has 0 radical (unpaired) electrons. The Morgan fingerprint density at radius 3 is 2.81 bits per heavy atom.